The van der Waals surface area contributed by atoms with Crippen molar-refractivity contribution in [2.75, 3.05) is 6.54 Å². The molecule has 0 spiro atoms. The highest BCUT2D eigenvalue weighted by molar-refractivity contribution is 5.82. The van der Waals surface area contributed by atoms with Gasteiger partial charge in [-0.15, -0.1) is 0 Å². The van der Waals surface area contributed by atoms with Crippen molar-refractivity contribution in [3.05, 3.63) is 0 Å². The Morgan fingerprint density at radius 2 is 1.89 bits per heavy atom. The van der Waals surface area contributed by atoms with Crippen LogP contribution >= 0.6 is 0 Å². The van der Waals surface area contributed by atoms with Gasteiger partial charge in [0.1, 0.15) is 11.6 Å². The van der Waals surface area contributed by atoms with Gasteiger partial charge in [-0.1, -0.05) is 13.8 Å². The Kier molecular flexibility index (Phi) is 2.65. The Labute approximate surface area is 107 Å². The summed E-state index contributed by atoms with van der Waals surface area (Å²) in [6.45, 7) is 9.95. The maximum absolute atomic E-state index is 12.0. The molecule has 0 aromatic rings. The van der Waals surface area contributed by atoms with E-state index in [1.807, 2.05) is 0 Å². The van der Waals surface area contributed by atoms with Gasteiger partial charge < -0.3 is 9.84 Å². The van der Waals surface area contributed by atoms with E-state index in [0.29, 0.717) is 6.54 Å². The summed E-state index contributed by atoms with van der Waals surface area (Å²) in [6.07, 6.45) is -0.516. The number of likely N-dealkylation sites (tertiary alicyclic amines) is 1. The van der Waals surface area contributed by atoms with Crippen LogP contribution in [0.15, 0.2) is 0 Å². The van der Waals surface area contributed by atoms with Crippen LogP contribution in [0.3, 0.4) is 0 Å². The van der Waals surface area contributed by atoms with Crippen molar-refractivity contribution in [2.45, 2.75) is 46.3 Å². The maximum atomic E-state index is 12.0. The van der Waals surface area contributed by atoms with E-state index in [1.54, 1.807) is 20.8 Å². The Hall–Kier alpha value is -1.26. The Balaban J connectivity index is 2.12. The van der Waals surface area contributed by atoms with Crippen LogP contribution in [0.4, 0.5) is 4.79 Å². The molecule has 1 aliphatic heterocycles. The van der Waals surface area contributed by atoms with Gasteiger partial charge in [0.25, 0.3) is 0 Å². The van der Waals surface area contributed by atoms with E-state index in [9.17, 15) is 14.7 Å². The molecule has 1 heterocycles. The molecule has 18 heavy (non-hydrogen) atoms. The first-order chi connectivity index (χ1) is 8.05. The molecule has 1 saturated heterocycles. The molecule has 102 valence electrons. The van der Waals surface area contributed by atoms with Crippen LogP contribution in [-0.2, 0) is 9.53 Å². The summed E-state index contributed by atoms with van der Waals surface area (Å²) in [5.74, 6) is -0.590. The third kappa shape index (κ3) is 1.95. The molecule has 0 aromatic heterocycles. The number of carbonyl (C=O) groups excluding carboxylic acids is 1. The third-order valence-electron chi connectivity index (χ3n) is 4.09. The van der Waals surface area contributed by atoms with Gasteiger partial charge in [-0.2, -0.15) is 0 Å². The number of aliphatic carboxylic acids is 1. The summed E-state index contributed by atoms with van der Waals surface area (Å²) in [5, 5.41) is 9.31. The van der Waals surface area contributed by atoms with E-state index >= 15 is 0 Å². The molecule has 0 aromatic carbocycles. The molecule has 1 amide bonds. The molecule has 3 atom stereocenters. The van der Waals surface area contributed by atoms with Gasteiger partial charge in [0, 0.05) is 12.5 Å². The molecule has 5 nitrogen and oxygen atoms in total. The number of carboxylic acid groups (broad SMARTS) is 1. The summed E-state index contributed by atoms with van der Waals surface area (Å²) >= 11 is 0. The molecule has 0 radical (unpaired) electrons. The number of fused-ring (bicyclic) bond motifs is 1. The van der Waals surface area contributed by atoms with E-state index in [-0.39, 0.29) is 17.3 Å². The minimum atomic E-state index is -0.932. The summed E-state index contributed by atoms with van der Waals surface area (Å²) in [7, 11) is 0. The molecule has 2 aliphatic rings. The van der Waals surface area contributed by atoms with Crippen LogP contribution in [0, 0.1) is 17.3 Å². The minimum Gasteiger partial charge on any atom is -0.480 e. The zero-order valence-electron chi connectivity index (χ0n) is 11.6. The Bertz CT molecular complexity index is 396. The van der Waals surface area contributed by atoms with Crippen LogP contribution in [0.5, 0.6) is 0 Å². The van der Waals surface area contributed by atoms with E-state index in [0.717, 1.165) is 0 Å². The lowest BCUT2D eigenvalue weighted by molar-refractivity contribution is -0.143. The van der Waals surface area contributed by atoms with Gasteiger partial charge in [-0.3, -0.25) is 4.90 Å². The average Bonchev–Trinajstić information content (AvgIpc) is 2.59. The third-order valence-corrected chi connectivity index (χ3v) is 4.09. The zero-order valence-corrected chi connectivity index (χ0v) is 11.6. The zero-order chi connectivity index (χ0) is 13.9. The van der Waals surface area contributed by atoms with Crippen molar-refractivity contribution in [3.8, 4) is 0 Å². The minimum absolute atomic E-state index is 0.0293. The number of carbonyl (C=O) groups is 2. The number of ether oxygens (including phenoxy) is 1. The summed E-state index contributed by atoms with van der Waals surface area (Å²) in [5.41, 5.74) is -0.565. The van der Waals surface area contributed by atoms with Crippen LogP contribution in [0.25, 0.3) is 0 Å². The number of amides is 1. The second kappa shape index (κ2) is 3.62. The Morgan fingerprint density at radius 1 is 1.33 bits per heavy atom. The SMILES string of the molecule is CC(C)(C)OC(=O)N1C[C@H]2C([C@H]1C(=O)O)C2(C)C. The predicted molar refractivity (Wildman–Crippen MR) is 65.1 cm³/mol. The van der Waals surface area contributed by atoms with E-state index in [1.165, 1.54) is 4.90 Å². The van der Waals surface area contributed by atoms with Crippen LogP contribution in [0.2, 0.25) is 0 Å². The first kappa shape index (κ1) is 13.2. The van der Waals surface area contributed by atoms with E-state index in [4.69, 9.17) is 4.74 Å². The molecular weight excluding hydrogens is 234 g/mol. The maximum Gasteiger partial charge on any atom is 0.411 e. The van der Waals surface area contributed by atoms with E-state index < -0.39 is 23.7 Å². The molecule has 1 N–H and O–H groups in total. The lowest BCUT2D eigenvalue weighted by atomic mass is 10.0. The van der Waals surface area contributed by atoms with Crippen molar-refractivity contribution >= 4 is 12.1 Å². The van der Waals surface area contributed by atoms with Gasteiger partial charge in [-0.25, -0.2) is 9.59 Å². The van der Waals surface area contributed by atoms with Crippen molar-refractivity contribution in [3.63, 3.8) is 0 Å². The number of piperidine rings is 1. The standard InChI is InChI=1S/C13H21NO4/c1-12(2,3)18-11(17)14-6-7-8(13(7,4)5)9(14)10(15)16/h7-9H,6H2,1-5H3,(H,15,16)/t7-,8?,9-/m0/s1. The number of nitrogens with zero attached hydrogens (tertiary/aromatic N) is 1. The fraction of sp³-hybridized carbons (Fsp3) is 0.846. The summed E-state index contributed by atoms with van der Waals surface area (Å²) in [6, 6.07) is -0.736. The lowest BCUT2D eigenvalue weighted by Gasteiger charge is -2.30. The van der Waals surface area contributed by atoms with Gasteiger partial charge in [0.2, 0.25) is 0 Å². The highest BCUT2D eigenvalue weighted by Gasteiger charge is 2.70. The van der Waals surface area contributed by atoms with Crippen LogP contribution in [0.1, 0.15) is 34.6 Å². The summed E-state index contributed by atoms with van der Waals surface area (Å²) < 4.78 is 5.26. The normalized spacial score (nSPS) is 32.9. The lowest BCUT2D eigenvalue weighted by Crippen LogP contribution is -2.47. The monoisotopic (exact) mass is 255 g/mol. The van der Waals surface area contributed by atoms with Crippen molar-refractivity contribution in [2.24, 2.45) is 17.3 Å². The quantitative estimate of drug-likeness (QED) is 0.777. The van der Waals surface area contributed by atoms with Crippen molar-refractivity contribution in [1.82, 2.24) is 4.90 Å². The number of rotatable bonds is 1. The molecule has 1 aliphatic carbocycles. The Morgan fingerprint density at radius 3 is 2.33 bits per heavy atom. The smallest absolute Gasteiger partial charge is 0.411 e. The first-order valence-electron chi connectivity index (χ1n) is 6.28. The van der Waals surface area contributed by atoms with Gasteiger partial charge in [0.15, 0.2) is 0 Å². The van der Waals surface area contributed by atoms with Crippen LogP contribution in [-0.4, -0.2) is 40.3 Å². The van der Waals surface area contributed by atoms with Gasteiger partial charge in [-0.05, 0) is 32.1 Å². The summed E-state index contributed by atoms with van der Waals surface area (Å²) in [4.78, 5) is 24.7. The molecule has 1 unspecified atom stereocenters. The topological polar surface area (TPSA) is 66.8 Å². The highest BCUT2D eigenvalue weighted by atomic mass is 16.6. The van der Waals surface area contributed by atoms with Gasteiger partial charge in [0.05, 0.1) is 0 Å². The highest BCUT2D eigenvalue weighted by Crippen LogP contribution is 2.64. The molecule has 2 rings (SSSR count). The molecule has 5 heteroatoms. The number of hydrogen-bond acceptors (Lipinski definition) is 3. The fourth-order valence-corrected chi connectivity index (χ4v) is 3.08. The van der Waals surface area contributed by atoms with Crippen molar-refractivity contribution < 1.29 is 19.4 Å². The average molecular weight is 255 g/mol. The van der Waals surface area contributed by atoms with Crippen LogP contribution < -0.4 is 0 Å². The molecule has 1 saturated carbocycles. The molecular formula is C13H21NO4. The van der Waals surface area contributed by atoms with E-state index in [2.05, 4.69) is 13.8 Å². The predicted octanol–water partition coefficient (Wildman–Crippen LogP) is 1.96. The number of hydrogen-bond donors (Lipinski definition) is 1. The van der Waals surface area contributed by atoms with Crippen molar-refractivity contribution in [1.29, 1.82) is 0 Å². The van der Waals surface area contributed by atoms with Gasteiger partial charge >= 0.3 is 12.1 Å². The second-order valence-electron chi connectivity index (χ2n) is 6.87. The second-order valence-corrected chi connectivity index (χ2v) is 6.87. The fourth-order valence-electron chi connectivity index (χ4n) is 3.08. The largest absolute Gasteiger partial charge is 0.480 e. The first-order valence-corrected chi connectivity index (χ1v) is 6.28. The molecule has 0 bridgehead atoms. The number of carboxylic acids is 1. The molecule has 2 fully saturated rings.